The van der Waals surface area contributed by atoms with Gasteiger partial charge in [-0.2, -0.15) is 0 Å². The van der Waals surface area contributed by atoms with Crippen molar-refractivity contribution >= 4 is 35.0 Å². The molecule has 0 spiro atoms. The number of amidine groups is 1. The van der Waals surface area contributed by atoms with Gasteiger partial charge in [0.25, 0.3) is 5.91 Å². The summed E-state index contributed by atoms with van der Waals surface area (Å²) in [5.41, 5.74) is 12.5. The second kappa shape index (κ2) is 10.1. The number of nitrogen functional groups attached to an aromatic ring is 2. The molecule has 1 atom stereocenters. The number of aromatic nitrogens is 2. The topological polar surface area (TPSA) is 129 Å². The standard InChI is InChI=1S/C22H29ClN6O2/c1-22(2,8-9-31-13-14-6-4-3-5-7-14)11-15-10-16(26-12-15)27-21(30)17-19(24)29-20(25)18(23)28-17/h3-7,15H,8-13H2,1-2H3,(H4,24,25,29)(H,26,27,30). The highest BCUT2D eigenvalue weighted by Crippen LogP contribution is 2.33. The summed E-state index contributed by atoms with van der Waals surface area (Å²) in [6.07, 6.45) is 2.63. The molecule has 1 unspecified atom stereocenters. The highest BCUT2D eigenvalue weighted by molar-refractivity contribution is 6.31. The number of nitrogens with zero attached hydrogens (tertiary/aromatic N) is 3. The molecule has 2 heterocycles. The van der Waals surface area contributed by atoms with Crippen molar-refractivity contribution in [2.24, 2.45) is 16.3 Å². The van der Waals surface area contributed by atoms with E-state index in [9.17, 15) is 4.79 Å². The number of hydrogen-bond donors (Lipinski definition) is 3. The first-order valence-electron chi connectivity index (χ1n) is 10.3. The SMILES string of the molecule is CC(C)(CCOCc1ccccc1)CC1CN=C(NC(=O)c2nc(Cl)c(N)nc2N)C1. The quantitative estimate of drug-likeness (QED) is 0.534. The summed E-state index contributed by atoms with van der Waals surface area (Å²) in [5, 5.41) is 2.72. The number of benzene rings is 1. The number of carbonyl (C=O) groups excluding carboxylic acids is 1. The largest absolute Gasteiger partial charge is 0.382 e. The Kier molecular flexibility index (Phi) is 7.46. The third kappa shape index (κ3) is 6.63. The number of anilines is 2. The van der Waals surface area contributed by atoms with Gasteiger partial charge in [0.1, 0.15) is 5.84 Å². The molecule has 0 aliphatic carbocycles. The van der Waals surface area contributed by atoms with E-state index in [4.69, 9.17) is 27.8 Å². The maximum atomic E-state index is 12.5. The first kappa shape index (κ1) is 23.0. The van der Waals surface area contributed by atoms with Crippen molar-refractivity contribution in [3.8, 4) is 0 Å². The Bertz CT molecular complexity index is 949. The second-order valence-corrected chi connectivity index (χ2v) is 8.96. The summed E-state index contributed by atoms with van der Waals surface area (Å²) < 4.78 is 5.84. The Balaban J connectivity index is 1.43. The molecule has 1 amide bonds. The lowest BCUT2D eigenvalue weighted by atomic mass is 9.79. The van der Waals surface area contributed by atoms with Crippen molar-refractivity contribution in [3.05, 3.63) is 46.7 Å². The average molecular weight is 445 g/mol. The fraction of sp³-hybridized carbons (Fsp3) is 0.455. The molecule has 166 valence electrons. The lowest BCUT2D eigenvalue weighted by Gasteiger charge is -2.27. The van der Waals surface area contributed by atoms with Gasteiger partial charge in [0.15, 0.2) is 22.5 Å². The number of hydrogen-bond acceptors (Lipinski definition) is 7. The molecule has 0 saturated carbocycles. The minimum Gasteiger partial charge on any atom is -0.382 e. The zero-order chi connectivity index (χ0) is 22.4. The van der Waals surface area contributed by atoms with E-state index in [-0.39, 0.29) is 27.9 Å². The van der Waals surface area contributed by atoms with Gasteiger partial charge in [0.05, 0.1) is 6.61 Å². The van der Waals surface area contributed by atoms with Crippen molar-refractivity contribution < 1.29 is 9.53 Å². The summed E-state index contributed by atoms with van der Waals surface area (Å²) in [6.45, 7) is 6.48. The molecular formula is C22H29ClN6O2. The summed E-state index contributed by atoms with van der Waals surface area (Å²) in [5.74, 6) is 0.424. The molecule has 0 fully saturated rings. The van der Waals surface area contributed by atoms with Crippen molar-refractivity contribution in [1.29, 1.82) is 0 Å². The van der Waals surface area contributed by atoms with E-state index in [1.165, 1.54) is 5.56 Å². The third-order valence-corrected chi connectivity index (χ3v) is 5.55. The van der Waals surface area contributed by atoms with Crippen LogP contribution in [0.4, 0.5) is 11.6 Å². The fourth-order valence-corrected chi connectivity index (χ4v) is 3.79. The minimum absolute atomic E-state index is 0.0102. The van der Waals surface area contributed by atoms with Gasteiger partial charge in [-0.3, -0.25) is 9.79 Å². The Morgan fingerprint density at radius 3 is 2.71 bits per heavy atom. The van der Waals surface area contributed by atoms with E-state index >= 15 is 0 Å². The van der Waals surface area contributed by atoms with Crippen LogP contribution in [0.25, 0.3) is 0 Å². The summed E-state index contributed by atoms with van der Waals surface area (Å²) in [4.78, 5) is 24.7. The lowest BCUT2D eigenvalue weighted by molar-refractivity contribution is 0.0854. The molecule has 0 bridgehead atoms. The normalized spacial score (nSPS) is 16.2. The number of rotatable bonds is 8. The van der Waals surface area contributed by atoms with Crippen LogP contribution in [0.1, 0.15) is 49.2 Å². The molecule has 1 aliphatic rings. The minimum atomic E-state index is -0.486. The van der Waals surface area contributed by atoms with Gasteiger partial charge in [-0.05, 0) is 29.7 Å². The lowest BCUT2D eigenvalue weighted by Crippen LogP contribution is -2.32. The number of amides is 1. The zero-order valence-electron chi connectivity index (χ0n) is 17.9. The zero-order valence-corrected chi connectivity index (χ0v) is 18.7. The van der Waals surface area contributed by atoms with Gasteiger partial charge in [-0.15, -0.1) is 0 Å². The van der Waals surface area contributed by atoms with E-state index < -0.39 is 5.91 Å². The molecular weight excluding hydrogens is 416 g/mol. The van der Waals surface area contributed by atoms with Crippen molar-refractivity contribution in [1.82, 2.24) is 15.3 Å². The van der Waals surface area contributed by atoms with E-state index in [2.05, 4.69) is 46.3 Å². The summed E-state index contributed by atoms with van der Waals surface area (Å²) >= 11 is 5.85. The maximum Gasteiger partial charge on any atom is 0.279 e. The molecule has 2 aromatic rings. The fourth-order valence-electron chi connectivity index (χ4n) is 3.66. The highest BCUT2D eigenvalue weighted by Gasteiger charge is 2.28. The smallest absolute Gasteiger partial charge is 0.279 e. The Morgan fingerprint density at radius 1 is 1.23 bits per heavy atom. The van der Waals surface area contributed by atoms with E-state index in [0.29, 0.717) is 37.9 Å². The van der Waals surface area contributed by atoms with Crippen LogP contribution < -0.4 is 16.8 Å². The molecule has 1 aromatic heterocycles. The van der Waals surface area contributed by atoms with Crippen LogP contribution in [0.2, 0.25) is 5.15 Å². The van der Waals surface area contributed by atoms with Crippen LogP contribution >= 0.6 is 11.6 Å². The Hall–Kier alpha value is -2.71. The highest BCUT2D eigenvalue weighted by atomic mass is 35.5. The number of nitrogens with two attached hydrogens (primary N) is 2. The van der Waals surface area contributed by atoms with E-state index in [1.54, 1.807) is 0 Å². The molecule has 9 heteroatoms. The van der Waals surface area contributed by atoms with Gasteiger partial charge < -0.3 is 21.5 Å². The molecule has 31 heavy (non-hydrogen) atoms. The number of ether oxygens (including phenoxy) is 1. The third-order valence-electron chi connectivity index (χ3n) is 5.28. The van der Waals surface area contributed by atoms with E-state index in [1.807, 2.05) is 18.2 Å². The van der Waals surface area contributed by atoms with Gasteiger partial charge in [0, 0.05) is 19.6 Å². The second-order valence-electron chi connectivity index (χ2n) is 8.60. The molecule has 1 aromatic carbocycles. The van der Waals surface area contributed by atoms with Crippen molar-refractivity contribution in [2.45, 2.75) is 39.7 Å². The Morgan fingerprint density at radius 2 is 1.97 bits per heavy atom. The first-order valence-corrected chi connectivity index (χ1v) is 10.7. The molecule has 0 radical (unpaired) electrons. The monoisotopic (exact) mass is 444 g/mol. The first-order chi connectivity index (χ1) is 14.7. The van der Waals surface area contributed by atoms with Gasteiger partial charge in [-0.1, -0.05) is 55.8 Å². The Labute approximate surface area is 187 Å². The number of halogens is 1. The van der Waals surface area contributed by atoms with E-state index in [0.717, 1.165) is 12.8 Å². The average Bonchev–Trinajstić information content (AvgIpc) is 3.14. The van der Waals surface area contributed by atoms with Crippen LogP contribution in [0, 0.1) is 11.3 Å². The van der Waals surface area contributed by atoms with Crippen LogP contribution in [-0.4, -0.2) is 34.9 Å². The van der Waals surface area contributed by atoms with Crippen LogP contribution in [0.15, 0.2) is 35.3 Å². The van der Waals surface area contributed by atoms with Crippen molar-refractivity contribution in [2.75, 3.05) is 24.6 Å². The molecule has 3 rings (SSSR count). The van der Waals surface area contributed by atoms with Crippen LogP contribution in [0.5, 0.6) is 0 Å². The van der Waals surface area contributed by atoms with Crippen molar-refractivity contribution in [3.63, 3.8) is 0 Å². The molecule has 1 aliphatic heterocycles. The number of aliphatic imine (C=N–C) groups is 1. The molecule has 8 nitrogen and oxygen atoms in total. The van der Waals surface area contributed by atoms with Crippen LogP contribution in [-0.2, 0) is 11.3 Å². The summed E-state index contributed by atoms with van der Waals surface area (Å²) in [7, 11) is 0. The van der Waals surface area contributed by atoms with Gasteiger partial charge >= 0.3 is 0 Å². The van der Waals surface area contributed by atoms with Gasteiger partial charge in [0.2, 0.25) is 0 Å². The predicted octanol–water partition coefficient (Wildman–Crippen LogP) is 3.47. The molecule has 0 saturated heterocycles. The number of nitrogens with one attached hydrogen (secondary N) is 1. The number of carbonyl (C=O) groups is 1. The van der Waals surface area contributed by atoms with Crippen LogP contribution in [0.3, 0.4) is 0 Å². The predicted molar refractivity (Wildman–Crippen MR) is 123 cm³/mol. The molecule has 5 N–H and O–H groups in total. The van der Waals surface area contributed by atoms with Gasteiger partial charge in [-0.25, -0.2) is 9.97 Å². The maximum absolute atomic E-state index is 12.5. The summed E-state index contributed by atoms with van der Waals surface area (Å²) in [6, 6.07) is 10.2.